The molecule has 0 aliphatic carbocycles. The zero-order valence-electron chi connectivity index (χ0n) is 34.1. The lowest BCUT2D eigenvalue weighted by atomic mass is 10.0. The largest absolute Gasteiger partial charge is 0.309 e. The molecule has 0 radical (unpaired) electrons. The molecule has 0 aliphatic heterocycles. The van der Waals surface area contributed by atoms with Gasteiger partial charge in [-0.3, -0.25) is 4.99 Å². The highest BCUT2D eigenvalue weighted by Gasteiger charge is 2.18. The molecule has 0 N–H and O–H groups in total. The van der Waals surface area contributed by atoms with E-state index in [1.807, 2.05) is 12.1 Å². The maximum absolute atomic E-state index is 5.31. The molecular weight excluding hydrogens is 741 g/mol. The number of hydrogen-bond donors (Lipinski definition) is 0. The van der Waals surface area contributed by atoms with E-state index in [1.54, 1.807) is 0 Å². The lowest BCUT2D eigenvalue weighted by molar-refractivity contribution is 0.818. The summed E-state index contributed by atoms with van der Waals surface area (Å²) in [7, 11) is 0. The van der Waals surface area contributed by atoms with E-state index >= 15 is 0 Å². The van der Waals surface area contributed by atoms with Crippen LogP contribution in [0.2, 0.25) is 0 Å². The van der Waals surface area contributed by atoms with Crippen LogP contribution in [0.5, 0.6) is 0 Å². The second-order valence-electron chi connectivity index (χ2n) is 15.9. The van der Waals surface area contributed by atoms with E-state index in [9.17, 15) is 0 Å². The summed E-state index contributed by atoms with van der Waals surface area (Å²) in [6, 6.07) is 76.0. The molecule has 9 aromatic carbocycles. The number of aromatic nitrogens is 2. The molecular formula is C57H42N4. The number of rotatable bonds is 7. The van der Waals surface area contributed by atoms with Crippen molar-refractivity contribution in [1.29, 1.82) is 0 Å². The van der Waals surface area contributed by atoms with Crippen molar-refractivity contribution in [3.05, 3.63) is 229 Å². The van der Waals surface area contributed by atoms with Crippen molar-refractivity contribution in [3.63, 3.8) is 0 Å². The van der Waals surface area contributed by atoms with Crippen molar-refractivity contribution in [2.45, 2.75) is 19.9 Å². The van der Waals surface area contributed by atoms with E-state index in [4.69, 9.17) is 9.98 Å². The molecule has 1 unspecified atom stereocenters. The van der Waals surface area contributed by atoms with Crippen LogP contribution in [0.25, 0.3) is 76.9 Å². The molecule has 2 heterocycles. The summed E-state index contributed by atoms with van der Waals surface area (Å²) in [6.45, 7) is 4.21. The van der Waals surface area contributed by atoms with E-state index in [-0.39, 0.29) is 6.04 Å². The number of benzene rings is 9. The van der Waals surface area contributed by atoms with Crippen molar-refractivity contribution in [3.8, 4) is 22.5 Å². The third-order valence-electron chi connectivity index (χ3n) is 12.1. The van der Waals surface area contributed by atoms with Crippen LogP contribution in [0.1, 0.15) is 36.6 Å². The van der Waals surface area contributed by atoms with E-state index in [0.717, 1.165) is 50.4 Å². The van der Waals surface area contributed by atoms with Crippen LogP contribution in [0.15, 0.2) is 222 Å². The number of amidine groups is 1. The van der Waals surface area contributed by atoms with Gasteiger partial charge in [0.05, 0.1) is 28.1 Å². The van der Waals surface area contributed by atoms with Gasteiger partial charge in [-0.25, -0.2) is 4.99 Å². The fraction of sp³-hybridized carbons (Fsp3) is 0.0526. The number of para-hydroxylation sites is 2. The first-order valence-corrected chi connectivity index (χ1v) is 21.0. The van der Waals surface area contributed by atoms with Crippen LogP contribution < -0.4 is 0 Å². The van der Waals surface area contributed by atoms with Gasteiger partial charge in [0.25, 0.3) is 0 Å². The van der Waals surface area contributed by atoms with Crippen LogP contribution in [-0.4, -0.2) is 20.7 Å². The molecule has 4 nitrogen and oxygen atoms in total. The van der Waals surface area contributed by atoms with Gasteiger partial charge in [0, 0.05) is 44.2 Å². The first-order chi connectivity index (χ1) is 30.1. The summed E-state index contributed by atoms with van der Waals surface area (Å²) in [6.07, 6.45) is 0. The van der Waals surface area contributed by atoms with Gasteiger partial charge in [0.2, 0.25) is 0 Å². The summed E-state index contributed by atoms with van der Waals surface area (Å²) in [4.78, 5) is 10.6. The topological polar surface area (TPSA) is 34.6 Å². The summed E-state index contributed by atoms with van der Waals surface area (Å²) < 4.78 is 4.80. The smallest absolute Gasteiger partial charge is 0.155 e. The van der Waals surface area contributed by atoms with E-state index in [0.29, 0.717) is 5.84 Å². The van der Waals surface area contributed by atoms with Gasteiger partial charge >= 0.3 is 0 Å². The predicted molar refractivity (Wildman–Crippen MR) is 258 cm³/mol. The molecule has 0 amide bonds. The van der Waals surface area contributed by atoms with E-state index in [1.165, 1.54) is 48.9 Å². The lowest BCUT2D eigenvalue weighted by Crippen LogP contribution is -2.07. The molecule has 0 spiro atoms. The first-order valence-electron chi connectivity index (χ1n) is 21.0. The Hall–Kier alpha value is -7.82. The Kier molecular flexibility index (Phi) is 8.97. The molecule has 11 rings (SSSR count). The highest BCUT2D eigenvalue weighted by atomic mass is 15.0. The summed E-state index contributed by atoms with van der Waals surface area (Å²) >= 11 is 0. The molecule has 2 aromatic heterocycles. The highest BCUT2D eigenvalue weighted by Crippen LogP contribution is 2.39. The molecule has 0 saturated carbocycles. The Morgan fingerprint density at radius 2 is 0.967 bits per heavy atom. The number of hydrogen-bond acceptors (Lipinski definition) is 1. The van der Waals surface area contributed by atoms with E-state index < -0.39 is 0 Å². The zero-order chi connectivity index (χ0) is 40.9. The average Bonchev–Trinajstić information content (AvgIpc) is 3.82. The van der Waals surface area contributed by atoms with E-state index in [2.05, 4.69) is 223 Å². The molecule has 0 fully saturated rings. The second kappa shape index (κ2) is 15.1. The van der Waals surface area contributed by atoms with Crippen molar-refractivity contribution in [1.82, 2.24) is 9.13 Å². The predicted octanol–water partition coefficient (Wildman–Crippen LogP) is 14.7. The van der Waals surface area contributed by atoms with Crippen molar-refractivity contribution < 1.29 is 0 Å². The Morgan fingerprint density at radius 1 is 0.410 bits per heavy atom. The van der Waals surface area contributed by atoms with Gasteiger partial charge in [0.15, 0.2) is 5.84 Å². The van der Waals surface area contributed by atoms with Crippen LogP contribution in [0.3, 0.4) is 0 Å². The van der Waals surface area contributed by atoms with Crippen LogP contribution in [0, 0.1) is 0 Å². The Morgan fingerprint density at radius 3 is 1.77 bits per heavy atom. The molecule has 4 heteroatoms. The minimum Gasteiger partial charge on any atom is -0.309 e. The average molecular weight is 783 g/mol. The zero-order valence-corrected chi connectivity index (χ0v) is 34.1. The minimum absolute atomic E-state index is 0.0894. The Bertz CT molecular complexity index is 3480. The molecule has 290 valence electrons. The normalized spacial score (nSPS) is 12.9. The third-order valence-corrected chi connectivity index (χ3v) is 12.1. The van der Waals surface area contributed by atoms with Crippen molar-refractivity contribution >= 4 is 65.9 Å². The van der Waals surface area contributed by atoms with Crippen LogP contribution in [-0.2, 0) is 0 Å². The molecule has 0 aliphatic rings. The minimum atomic E-state index is -0.0894. The quantitative estimate of drug-likeness (QED) is 0.114. The third kappa shape index (κ3) is 6.50. The monoisotopic (exact) mass is 782 g/mol. The summed E-state index contributed by atoms with van der Waals surface area (Å²) in [5.41, 5.74) is 13.3. The SMILES string of the molecule is CC(=NC(=NC(C)c1ccccc1)c1cccc(-n2c3cc(-c4ccc5c(c4)c4ccccc4n5-c4ccccc4)ccc3c3cc4ccccc4cc32)c1)c1ccccc1. The summed E-state index contributed by atoms with van der Waals surface area (Å²) in [5.74, 6) is 0.703. The van der Waals surface area contributed by atoms with Gasteiger partial charge in [-0.15, -0.1) is 0 Å². The van der Waals surface area contributed by atoms with Gasteiger partial charge in [-0.1, -0.05) is 152 Å². The number of aliphatic imine (C=N–C) groups is 2. The maximum Gasteiger partial charge on any atom is 0.155 e. The molecule has 11 aromatic rings. The van der Waals surface area contributed by atoms with Gasteiger partial charge < -0.3 is 9.13 Å². The van der Waals surface area contributed by atoms with Crippen molar-refractivity contribution in [2.24, 2.45) is 9.98 Å². The molecule has 1 atom stereocenters. The second-order valence-corrected chi connectivity index (χ2v) is 15.9. The fourth-order valence-corrected chi connectivity index (χ4v) is 9.01. The molecule has 0 bridgehead atoms. The number of fused-ring (bicyclic) bond motifs is 7. The van der Waals surface area contributed by atoms with Crippen LogP contribution in [0.4, 0.5) is 0 Å². The maximum atomic E-state index is 5.31. The Labute approximate surface area is 355 Å². The summed E-state index contributed by atoms with van der Waals surface area (Å²) in [5, 5.41) is 7.34. The van der Waals surface area contributed by atoms with Crippen LogP contribution >= 0.6 is 0 Å². The highest BCUT2D eigenvalue weighted by molar-refractivity contribution is 6.16. The van der Waals surface area contributed by atoms with Crippen molar-refractivity contribution in [2.75, 3.05) is 0 Å². The molecule has 61 heavy (non-hydrogen) atoms. The number of nitrogens with zero attached hydrogens (tertiary/aromatic N) is 4. The Balaban J connectivity index is 1.11. The fourth-order valence-electron chi connectivity index (χ4n) is 9.01. The molecule has 0 saturated heterocycles. The van der Waals surface area contributed by atoms with Gasteiger partial charge in [-0.2, -0.15) is 0 Å². The van der Waals surface area contributed by atoms with Gasteiger partial charge in [-0.05, 0) is 108 Å². The standard InChI is InChI=1S/C57H42N4/c1-38(40-17-6-3-7-18-40)58-57(59-39(2)41-19-8-4-9-20-41)46-23-16-26-48(33-46)61-55-37-45(29-31-50(55)52-34-42-21-12-13-22-43(42)36-56(52)61)44-30-32-54-51(35-44)49-27-14-15-28-53(49)60(54)47-24-10-5-11-25-47/h3-38H,1-2H3. The van der Waals surface area contributed by atoms with Gasteiger partial charge in [0.1, 0.15) is 0 Å². The first kappa shape index (κ1) is 36.3. The lowest BCUT2D eigenvalue weighted by Gasteiger charge is -2.14.